The zero-order valence-electron chi connectivity index (χ0n) is 12.6. The standard InChI is InChI=1S/C18H24N2/c1-4-14-9-11-15(12-10-14)18(2,3)13-20-17-8-6-5-7-16(17)19/h5-12,20H,4,13,19H2,1-3H3. The summed E-state index contributed by atoms with van der Waals surface area (Å²) in [5, 5.41) is 3.46. The second kappa shape index (κ2) is 6.00. The van der Waals surface area contributed by atoms with Gasteiger partial charge in [-0.2, -0.15) is 0 Å². The van der Waals surface area contributed by atoms with Crippen LogP contribution >= 0.6 is 0 Å². The lowest BCUT2D eigenvalue weighted by Crippen LogP contribution is -2.27. The van der Waals surface area contributed by atoms with E-state index in [9.17, 15) is 0 Å². The Balaban J connectivity index is 2.08. The number of hydrogen-bond acceptors (Lipinski definition) is 2. The highest BCUT2D eigenvalue weighted by Gasteiger charge is 2.20. The van der Waals surface area contributed by atoms with Crippen molar-refractivity contribution in [3.63, 3.8) is 0 Å². The van der Waals surface area contributed by atoms with Crippen molar-refractivity contribution >= 4 is 11.4 Å². The molecule has 0 spiro atoms. The predicted molar refractivity (Wildman–Crippen MR) is 88.2 cm³/mol. The number of nitrogens with two attached hydrogens (primary N) is 1. The van der Waals surface area contributed by atoms with E-state index < -0.39 is 0 Å². The summed E-state index contributed by atoms with van der Waals surface area (Å²) < 4.78 is 0. The average molecular weight is 268 g/mol. The monoisotopic (exact) mass is 268 g/mol. The van der Waals surface area contributed by atoms with Crippen LogP contribution in [-0.4, -0.2) is 6.54 Å². The Morgan fingerprint density at radius 1 is 1.00 bits per heavy atom. The molecule has 0 bridgehead atoms. The summed E-state index contributed by atoms with van der Waals surface area (Å²) in [6.45, 7) is 7.53. The van der Waals surface area contributed by atoms with Gasteiger partial charge in [-0.1, -0.05) is 57.2 Å². The summed E-state index contributed by atoms with van der Waals surface area (Å²) in [6.07, 6.45) is 1.08. The molecule has 2 rings (SSSR count). The van der Waals surface area contributed by atoms with Crippen molar-refractivity contribution in [3.05, 3.63) is 59.7 Å². The minimum atomic E-state index is 0.0640. The number of anilines is 2. The van der Waals surface area contributed by atoms with Gasteiger partial charge in [0.1, 0.15) is 0 Å². The van der Waals surface area contributed by atoms with Crippen molar-refractivity contribution in [1.29, 1.82) is 0 Å². The molecule has 0 saturated carbocycles. The number of hydrogen-bond donors (Lipinski definition) is 2. The van der Waals surface area contributed by atoms with Gasteiger partial charge in [0.05, 0.1) is 11.4 Å². The summed E-state index contributed by atoms with van der Waals surface area (Å²) in [4.78, 5) is 0. The maximum absolute atomic E-state index is 5.96. The molecule has 0 saturated heterocycles. The molecule has 2 aromatic rings. The topological polar surface area (TPSA) is 38.0 Å². The second-order valence-corrected chi connectivity index (χ2v) is 5.88. The molecule has 0 amide bonds. The zero-order valence-corrected chi connectivity index (χ0v) is 12.6. The largest absolute Gasteiger partial charge is 0.397 e. The van der Waals surface area contributed by atoms with Gasteiger partial charge < -0.3 is 11.1 Å². The van der Waals surface area contributed by atoms with Gasteiger partial charge in [0, 0.05) is 12.0 Å². The molecule has 2 aromatic carbocycles. The highest BCUT2D eigenvalue weighted by atomic mass is 14.9. The van der Waals surface area contributed by atoms with Crippen LogP contribution in [0.4, 0.5) is 11.4 Å². The number of aryl methyl sites for hydroxylation is 1. The molecule has 0 atom stereocenters. The van der Waals surface area contributed by atoms with Gasteiger partial charge in [-0.3, -0.25) is 0 Å². The first-order valence-electron chi connectivity index (χ1n) is 7.21. The lowest BCUT2D eigenvalue weighted by Gasteiger charge is -2.27. The fourth-order valence-electron chi connectivity index (χ4n) is 2.27. The minimum absolute atomic E-state index is 0.0640. The van der Waals surface area contributed by atoms with Crippen LogP contribution in [0.3, 0.4) is 0 Å². The molecule has 0 aromatic heterocycles. The van der Waals surface area contributed by atoms with Gasteiger partial charge >= 0.3 is 0 Å². The molecule has 0 aliphatic rings. The van der Waals surface area contributed by atoms with Crippen LogP contribution in [0.1, 0.15) is 31.9 Å². The second-order valence-electron chi connectivity index (χ2n) is 5.88. The molecule has 0 aliphatic carbocycles. The van der Waals surface area contributed by atoms with Crippen LogP contribution in [-0.2, 0) is 11.8 Å². The van der Waals surface area contributed by atoms with E-state index >= 15 is 0 Å². The number of rotatable bonds is 5. The van der Waals surface area contributed by atoms with Crippen molar-refractivity contribution in [3.8, 4) is 0 Å². The third kappa shape index (κ3) is 3.32. The molecule has 106 valence electrons. The van der Waals surface area contributed by atoms with Gasteiger partial charge in [-0.25, -0.2) is 0 Å². The van der Waals surface area contributed by atoms with Gasteiger partial charge in [0.15, 0.2) is 0 Å². The predicted octanol–water partition coefficient (Wildman–Crippen LogP) is 4.22. The van der Waals surface area contributed by atoms with Crippen molar-refractivity contribution < 1.29 is 0 Å². The average Bonchev–Trinajstić information content (AvgIpc) is 2.46. The van der Waals surface area contributed by atoms with Crippen LogP contribution in [0.2, 0.25) is 0 Å². The lowest BCUT2D eigenvalue weighted by atomic mass is 9.84. The van der Waals surface area contributed by atoms with Crippen molar-refractivity contribution in [2.24, 2.45) is 0 Å². The highest BCUT2D eigenvalue weighted by Crippen LogP contribution is 2.25. The third-order valence-corrected chi connectivity index (χ3v) is 3.83. The van der Waals surface area contributed by atoms with Gasteiger partial charge in [0.2, 0.25) is 0 Å². The van der Waals surface area contributed by atoms with E-state index in [-0.39, 0.29) is 5.41 Å². The van der Waals surface area contributed by atoms with Crippen LogP contribution in [0.15, 0.2) is 48.5 Å². The Kier molecular flexibility index (Phi) is 4.33. The Hall–Kier alpha value is -1.96. The summed E-state index contributed by atoms with van der Waals surface area (Å²) >= 11 is 0. The fraction of sp³-hybridized carbons (Fsp3) is 0.333. The summed E-state index contributed by atoms with van der Waals surface area (Å²) in [6, 6.07) is 16.8. The maximum Gasteiger partial charge on any atom is 0.0574 e. The summed E-state index contributed by atoms with van der Waals surface area (Å²) in [7, 11) is 0. The Morgan fingerprint density at radius 3 is 2.25 bits per heavy atom. The molecule has 3 N–H and O–H groups in total. The van der Waals surface area contributed by atoms with Crippen molar-refractivity contribution in [2.75, 3.05) is 17.6 Å². The van der Waals surface area contributed by atoms with E-state index in [2.05, 4.69) is 50.4 Å². The van der Waals surface area contributed by atoms with E-state index in [1.54, 1.807) is 0 Å². The summed E-state index contributed by atoms with van der Waals surface area (Å²) in [5.74, 6) is 0. The van der Waals surface area contributed by atoms with E-state index in [4.69, 9.17) is 5.73 Å². The van der Waals surface area contributed by atoms with E-state index in [0.29, 0.717) is 0 Å². The van der Waals surface area contributed by atoms with Gasteiger partial charge in [-0.15, -0.1) is 0 Å². The first-order chi connectivity index (χ1) is 9.53. The van der Waals surface area contributed by atoms with Crippen LogP contribution in [0, 0.1) is 0 Å². The Labute approximate surface area is 122 Å². The molecule has 0 unspecified atom stereocenters. The highest BCUT2D eigenvalue weighted by molar-refractivity contribution is 5.65. The SMILES string of the molecule is CCc1ccc(C(C)(C)CNc2ccccc2N)cc1. The fourth-order valence-corrected chi connectivity index (χ4v) is 2.27. The zero-order chi connectivity index (χ0) is 14.6. The maximum atomic E-state index is 5.96. The van der Waals surface area contributed by atoms with E-state index in [0.717, 1.165) is 24.3 Å². The van der Waals surface area contributed by atoms with E-state index in [1.807, 2.05) is 24.3 Å². The molecular weight excluding hydrogens is 244 g/mol. The molecule has 2 nitrogen and oxygen atoms in total. The number of para-hydroxylation sites is 2. The van der Waals surface area contributed by atoms with E-state index in [1.165, 1.54) is 11.1 Å². The van der Waals surface area contributed by atoms with Gasteiger partial charge in [-0.05, 0) is 29.7 Å². The first kappa shape index (κ1) is 14.4. The number of benzene rings is 2. The van der Waals surface area contributed by atoms with Crippen molar-refractivity contribution in [1.82, 2.24) is 0 Å². The smallest absolute Gasteiger partial charge is 0.0574 e. The van der Waals surface area contributed by atoms with Gasteiger partial charge in [0.25, 0.3) is 0 Å². The molecule has 0 aliphatic heterocycles. The molecule has 0 fully saturated rings. The van der Waals surface area contributed by atoms with Crippen molar-refractivity contribution in [2.45, 2.75) is 32.6 Å². The molecule has 0 heterocycles. The lowest BCUT2D eigenvalue weighted by molar-refractivity contribution is 0.557. The number of nitrogens with one attached hydrogen (secondary N) is 1. The van der Waals surface area contributed by atoms with Crippen LogP contribution < -0.4 is 11.1 Å². The Morgan fingerprint density at radius 2 is 1.65 bits per heavy atom. The first-order valence-corrected chi connectivity index (χ1v) is 7.21. The van der Waals surface area contributed by atoms with Crippen LogP contribution in [0.25, 0.3) is 0 Å². The number of nitrogen functional groups attached to an aromatic ring is 1. The minimum Gasteiger partial charge on any atom is -0.397 e. The Bertz CT molecular complexity index is 556. The quantitative estimate of drug-likeness (QED) is 0.797. The van der Waals surface area contributed by atoms with Crippen LogP contribution in [0.5, 0.6) is 0 Å². The molecular formula is C18H24N2. The third-order valence-electron chi connectivity index (χ3n) is 3.83. The summed E-state index contributed by atoms with van der Waals surface area (Å²) in [5.41, 5.74) is 10.6. The molecule has 2 heteroatoms. The normalized spacial score (nSPS) is 11.3. The molecule has 20 heavy (non-hydrogen) atoms. The molecule has 0 radical (unpaired) electrons.